The smallest absolute Gasteiger partial charge is 0.221 e. The van der Waals surface area contributed by atoms with Gasteiger partial charge < -0.3 is 10.6 Å². The van der Waals surface area contributed by atoms with E-state index in [1.807, 2.05) is 30.3 Å². The monoisotopic (exact) mass is 269 g/mol. The van der Waals surface area contributed by atoms with Gasteiger partial charge in [0.1, 0.15) is 0 Å². The van der Waals surface area contributed by atoms with Gasteiger partial charge in [0.15, 0.2) is 0 Å². The molecule has 20 heavy (non-hydrogen) atoms. The molecule has 4 nitrogen and oxygen atoms in total. The molecule has 1 aromatic carbocycles. The van der Waals surface area contributed by atoms with E-state index in [4.69, 9.17) is 0 Å². The summed E-state index contributed by atoms with van der Waals surface area (Å²) in [5, 5.41) is 7.45. The zero-order valence-corrected chi connectivity index (χ0v) is 11.4. The summed E-state index contributed by atoms with van der Waals surface area (Å²) in [6.07, 6.45) is 4.63. The molecule has 1 aliphatic heterocycles. The molecule has 0 spiro atoms. The maximum atomic E-state index is 11.9. The summed E-state index contributed by atoms with van der Waals surface area (Å²) in [6, 6.07) is 10.4. The van der Waals surface area contributed by atoms with Crippen molar-refractivity contribution in [1.82, 2.24) is 15.6 Å². The Morgan fingerprint density at radius 3 is 3.10 bits per heavy atom. The van der Waals surface area contributed by atoms with Crippen molar-refractivity contribution in [3.05, 3.63) is 42.1 Å². The number of para-hydroxylation sites is 1. The van der Waals surface area contributed by atoms with Crippen molar-refractivity contribution in [2.24, 2.45) is 0 Å². The van der Waals surface area contributed by atoms with Crippen LogP contribution in [-0.4, -0.2) is 23.5 Å². The first kappa shape index (κ1) is 13.1. The largest absolute Gasteiger partial charge is 0.352 e. The summed E-state index contributed by atoms with van der Waals surface area (Å²) >= 11 is 0. The molecule has 0 saturated carbocycles. The number of fused-ring (bicyclic) bond motifs is 1. The lowest BCUT2D eigenvalue weighted by Gasteiger charge is -2.11. The summed E-state index contributed by atoms with van der Waals surface area (Å²) in [6.45, 7) is 1.57. The molecular formula is C16H19N3O. The Morgan fingerprint density at radius 2 is 2.25 bits per heavy atom. The first-order chi connectivity index (χ1) is 9.83. The summed E-state index contributed by atoms with van der Waals surface area (Å²) in [7, 11) is 0. The molecule has 1 aromatic heterocycles. The van der Waals surface area contributed by atoms with Gasteiger partial charge in [-0.15, -0.1) is 0 Å². The Labute approximate surface area is 118 Å². The van der Waals surface area contributed by atoms with E-state index in [-0.39, 0.29) is 5.91 Å². The van der Waals surface area contributed by atoms with Gasteiger partial charge in [0.25, 0.3) is 0 Å². The van der Waals surface area contributed by atoms with Crippen LogP contribution in [0.2, 0.25) is 0 Å². The van der Waals surface area contributed by atoms with Gasteiger partial charge >= 0.3 is 0 Å². The molecule has 1 saturated heterocycles. The number of nitrogens with one attached hydrogen (secondary N) is 2. The molecule has 1 atom stereocenters. The maximum absolute atomic E-state index is 11.9. The van der Waals surface area contributed by atoms with Crippen LogP contribution in [0.3, 0.4) is 0 Å². The quantitative estimate of drug-likeness (QED) is 0.892. The van der Waals surface area contributed by atoms with E-state index >= 15 is 0 Å². The number of nitrogens with zero attached hydrogens (tertiary/aromatic N) is 1. The lowest BCUT2D eigenvalue weighted by molar-refractivity contribution is -0.121. The van der Waals surface area contributed by atoms with Crippen molar-refractivity contribution >= 4 is 16.8 Å². The van der Waals surface area contributed by atoms with Gasteiger partial charge in [-0.05, 0) is 31.0 Å². The molecular weight excluding hydrogens is 250 g/mol. The molecule has 0 radical (unpaired) electrons. The number of benzene rings is 1. The SMILES string of the molecule is O=C(CC1CCCN1)NCc1cccc2cccnc12. The highest BCUT2D eigenvalue weighted by molar-refractivity contribution is 5.82. The molecule has 104 valence electrons. The lowest BCUT2D eigenvalue weighted by Crippen LogP contribution is -2.31. The van der Waals surface area contributed by atoms with E-state index in [1.165, 1.54) is 6.42 Å². The first-order valence-corrected chi connectivity index (χ1v) is 7.15. The number of carbonyl (C=O) groups is 1. The van der Waals surface area contributed by atoms with Gasteiger partial charge in [0, 0.05) is 30.6 Å². The van der Waals surface area contributed by atoms with Gasteiger partial charge in [0.05, 0.1) is 5.52 Å². The molecule has 3 rings (SSSR count). The predicted molar refractivity (Wildman–Crippen MR) is 79.2 cm³/mol. The third kappa shape index (κ3) is 2.96. The Bertz CT molecular complexity index is 600. The molecule has 1 amide bonds. The van der Waals surface area contributed by atoms with Crippen molar-refractivity contribution in [3.8, 4) is 0 Å². The summed E-state index contributed by atoms with van der Waals surface area (Å²) < 4.78 is 0. The second-order valence-electron chi connectivity index (χ2n) is 5.27. The Hall–Kier alpha value is -1.94. The normalized spacial score (nSPS) is 18.3. The zero-order chi connectivity index (χ0) is 13.8. The van der Waals surface area contributed by atoms with Gasteiger partial charge in [-0.25, -0.2) is 0 Å². The van der Waals surface area contributed by atoms with Crippen LogP contribution >= 0.6 is 0 Å². The molecule has 1 fully saturated rings. The lowest BCUT2D eigenvalue weighted by atomic mass is 10.1. The fourth-order valence-electron chi connectivity index (χ4n) is 2.73. The zero-order valence-electron chi connectivity index (χ0n) is 11.4. The van der Waals surface area contributed by atoms with Gasteiger partial charge in [-0.2, -0.15) is 0 Å². The van der Waals surface area contributed by atoms with Crippen LogP contribution in [0, 0.1) is 0 Å². The van der Waals surface area contributed by atoms with Crippen LogP contribution in [0.4, 0.5) is 0 Å². The Balaban J connectivity index is 1.63. The molecule has 2 N–H and O–H groups in total. The minimum absolute atomic E-state index is 0.109. The van der Waals surface area contributed by atoms with E-state index < -0.39 is 0 Å². The van der Waals surface area contributed by atoms with Crippen LogP contribution < -0.4 is 10.6 Å². The second-order valence-corrected chi connectivity index (χ2v) is 5.27. The van der Waals surface area contributed by atoms with Gasteiger partial charge in [-0.3, -0.25) is 9.78 Å². The maximum Gasteiger partial charge on any atom is 0.221 e. The van der Waals surface area contributed by atoms with Gasteiger partial charge in [-0.1, -0.05) is 24.3 Å². The van der Waals surface area contributed by atoms with Crippen LogP contribution in [0.1, 0.15) is 24.8 Å². The third-order valence-corrected chi connectivity index (χ3v) is 3.79. The minimum Gasteiger partial charge on any atom is -0.352 e. The predicted octanol–water partition coefficient (Wildman–Crippen LogP) is 1.99. The molecule has 1 aliphatic rings. The fraction of sp³-hybridized carbons (Fsp3) is 0.375. The average Bonchev–Trinajstić information content (AvgIpc) is 2.98. The van der Waals surface area contributed by atoms with E-state index in [2.05, 4.69) is 15.6 Å². The standard InChI is InChI=1S/C16H19N3O/c20-15(10-14-7-3-8-17-14)19-11-13-5-1-4-12-6-2-9-18-16(12)13/h1-2,4-6,9,14,17H,3,7-8,10-11H2,(H,19,20). The van der Waals surface area contributed by atoms with E-state index in [0.717, 1.165) is 29.4 Å². The summed E-state index contributed by atoms with van der Waals surface area (Å²) in [5.41, 5.74) is 2.03. The van der Waals surface area contributed by atoms with Crippen LogP contribution in [0.5, 0.6) is 0 Å². The summed E-state index contributed by atoms with van der Waals surface area (Å²) in [4.78, 5) is 16.3. The highest BCUT2D eigenvalue weighted by Crippen LogP contribution is 2.15. The number of pyridine rings is 1. The number of amides is 1. The van der Waals surface area contributed by atoms with Crippen LogP contribution in [-0.2, 0) is 11.3 Å². The first-order valence-electron chi connectivity index (χ1n) is 7.15. The summed E-state index contributed by atoms with van der Waals surface area (Å²) in [5.74, 6) is 0.109. The topological polar surface area (TPSA) is 54.0 Å². The van der Waals surface area contributed by atoms with Crippen molar-refractivity contribution in [1.29, 1.82) is 0 Å². The molecule has 2 aromatic rings. The number of carbonyl (C=O) groups excluding carboxylic acids is 1. The number of hydrogen-bond acceptors (Lipinski definition) is 3. The average molecular weight is 269 g/mol. The number of aromatic nitrogens is 1. The van der Waals surface area contributed by atoms with Crippen molar-refractivity contribution in [2.75, 3.05) is 6.54 Å². The van der Waals surface area contributed by atoms with Gasteiger partial charge in [0.2, 0.25) is 5.91 Å². The Kier molecular flexibility index (Phi) is 3.92. The number of hydrogen-bond donors (Lipinski definition) is 2. The molecule has 1 unspecified atom stereocenters. The highest BCUT2D eigenvalue weighted by atomic mass is 16.1. The third-order valence-electron chi connectivity index (χ3n) is 3.79. The molecule has 0 bridgehead atoms. The van der Waals surface area contributed by atoms with E-state index in [0.29, 0.717) is 19.0 Å². The van der Waals surface area contributed by atoms with Crippen molar-refractivity contribution in [2.45, 2.75) is 31.8 Å². The second kappa shape index (κ2) is 6.01. The minimum atomic E-state index is 0.109. The fourth-order valence-corrected chi connectivity index (χ4v) is 2.73. The van der Waals surface area contributed by atoms with Crippen LogP contribution in [0.25, 0.3) is 10.9 Å². The van der Waals surface area contributed by atoms with Crippen molar-refractivity contribution in [3.63, 3.8) is 0 Å². The van der Waals surface area contributed by atoms with E-state index in [9.17, 15) is 4.79 Å². The molecule has 4 heteroatoms. The van der Waals surface area contributed by atoms with Crippen molar-refractivity contribution < 1.29 is 4.79 Å². The molecule has 0 aliphatic carbocycles. The highest BCUT2D eigenvalue weighted by Gasteiger charge is 2.17. The molecule has 2 heterocycles. The Morgan fingerprint density at radius 1 is 1.35 bits per heavy atom. The van der Waals surface area contributed by atoms with Crippen LogP contribution in [0.15, 0.2) is 36.5 Å². The number of rotatable bonds is 4. The van der Waals surface area contributed by atoms with E-state index in [1.54, 1.807) is 6.20 Å².